The van der Waals surface area contributed by atoms with Crippen molar-refractivity contribution in [2.24, 2.45) is 0 Å². The van der Waals surface area contributed by atoms with Gasteiger partial charge in [-0.3, -0.25) is 9.36 Å². The summed E-state index contributed by atoms with van der Waals surface area (Å²) in [6.07, 6.45) is 0.805. The first kappa shape index (κ1) is 17.8. The lowest BCUT2D eigenvalue weighted by molar-refractivity contribution is -0.140. The summed E-state index contributed by atoms with van der Waals surface area (Å²) in [6.45, 7) is 7.44. The van der Waals surface area contributed by atoms with Crippen molar-refractivity contribution in [3.63, 3.8) is 0 Å². The van der Waals surface area contributed by atoms with Gasteiger partial charge in [-0.1, -0.05) is 26.8 Å². The zero-order valence-electron chi connectivity index (χ0n) is 14.6. The van der Waals surface area contributed by atoms with E-state index in [0.29, 0.717) is 16.0 Å². The normalized spacial score (nSPS) is 12.8. The lowest BCUT2D eigenvalue weighted by atomic mass is 10.1. The third-order valence-electron chi connectivity index (χ3n) is 4.21. The molecule has 132 valence electrons. The number of rotatable bonds is 5. The Morgan fingerprint density at radius 2 is 2.08 bits per heavy atom. The van der Waals surface area contributed by atoms with Gasteiger partial charge in [-0.2, -0.15) is 0 Å². The molecular formula is C18H20N2O3S2. The van der Waals surface area contributed by atoms with Gasteiger partial charge in [0.25, 0.3) is 5.56 Å². The van der Waals surface area contributed by atoms with E-state index in [4.69, 9.17) is 4.98 Å². The van der Waals surface area contributed by atoms with Gasteiger partial charge in [-0.15, -0.1) is 22.7 Å². The summed E-state index contributed by atoms with van der Waals surface area (Å²) in [4.78, 5) is 32.4. The van der Waals surface area contributed by atoms with Crippen LogP contribution in [-0.4, -0.2) is 20.6 Å². The summed E-state index contributed by atoms with van der Waals surface area (Å²) in [6, 6.07) is 2.99. The lowest BCUT2D eigenvalue weighted by Crippen LogP contribution is -2.32. The van der Waals surface area contributed by atoms with Gasteiger partial charge in [0.1, 0.15) is 16.7 Å². The van der Waals surface area contributed by atoms with E-state index in [2.05, 4.69) is 6.92 Å². The standard InChI is InChI=1S/C18H20N2O3S2/c1-5-11-13(12-7-6-8-24-12)14-16(25-11)19-15(9(2)3)20(17(14)21)10(4)18(22)23/h6-10H,5H2,1-4H3,(H,22,23). The number of aliphatic carboxylic acids is 1. The highest BCUT2D eigenvalue weighted by Crippen LogP contribution is 2.39. The predicted octanol–water partition coefficient (Wildman–Crippen LogP) is 4.52. The molecule has 0 fully saturated rings. The molecule has 1 atom stereocenters. The van der Waals surface area contributed by atoms with Crippen LogP contribution >= 0.6 is 22.7 Å². The molecule has 3 aromatic rings. The van der Waals surface area contributed by atoms with Crippen molar-refractivity contribution in [2.75, 3.05) is 0 Å². The van der Waals surface area contributed by atoms with Crippen LogP contribution in [0, 0.1) is 0 Å². The van der Waals surface area contributed by atoms with Crippen LogP contribution in [0.5, 0.6) is 0 Å². The van der Waals surface area contributed by atoms with Crippen LogP contribution in [0.3, 0.4) is 0 Å². The summed E-state index contributed by atoms with van der Waals surface area (Å²) in [5.41, 5.74) is 0.652. The minimum atomic E-state index is -1.03. The number of hydrogen-bond donors (Lipinski definition) is 1. The van der Waals surface area contributed by atoms with Gasteiger partial charge in [0.2, 0.25) is 0 Å². The molecule has 25 heavy (non-hydrogen) atoms. The van der Waals surface area contributed by atoms with Gasteiger partial charge >= 0.3 is 5.97 Å². The van der Waals surface area contributed by atoms with E-state index in [0.717, 1.165) is 21.7 Å². The number of aryl methyl sites for hydroxylation is 1. The molecule has 5 nitrogen and oxygen atoms in total. The van der Waals surface area contributed by atoms with Gasteiger partial charge in [-0.05, 0) is 24.8 Å². The molecular weight excluding hydrogens is 356 g/mol. The monoisotopic (exact) mass is 376 g/mol. The molecule has 3 heterocycles. The largest absolute Gasteiger partial charge is 0.480 e. The van der Waals surface area contributed by atoms with Gasteiger partial charge in [-0.25, -0.2) is 9.78 Å². The Hall–Kier alpha value is -1.99. The second kappa shape index (κ2) is 6.72. The van der Waals surface area contributed by atoms with Crippen molar-refractivity contribution in [3.05, 3.63) is 38.6 Å². The van der Waals surface area contributed by atoms with Crippen molar-refractivity contribution in [2.45, 2.75) is 46.1 Å². The molecule has 0 aromatic carbocycles. The van der Waals surface area contributed by atoms with Gasteiger partial charge in [0, 0.05) is 21.2 Å². The Morgan fingerprint density at radius 3 is 2.60 bits per heavy atom. The van der Waals surface area contributed by atoms with Crippen LogP contribution in [0.15, 0.2) is 22.3 Å². The second-order valence-electron chi connectivity index (χ2n) is 6.23. The lowest BCUT2D eigenvalue weighted by Gasteiger charge is -2.18. The Bertz CT molecular complexity index is 984. The van der Waals surface area contributed by atoms with E-state index in [1.807, 2.05) is 31.4 Å². The van der Waals surface area contributed by atoms with Crippen LogP contribution < -0.4 is 5.56 Å². The topological polar surface area (TPSA) is 72.2 Å². The Morgan fingerprint density at radius 1 is 1.36 bits per heavy atom. The molecule has 0 aliphatic rings. The van der Waals surface area contributed by atoms with E-state index in [9.17, 15) is 14.7 Å². The van der Waals surface area contributed by atoms with E-state index in [1.165, 1.54) is 22.8 Å². The first-order valence-corrected chi connectivity index (χ1v) is 9.90. The summed E-state index contributed by atoms with van der Waals surface area (Å²) >= 11 is 3.11. The van der Waals surface area contributed by atoms with Crippen LogP contribution in [0.2, 0.25) is 0 Å². The highest BCUT2D eigenvalue weighted by molar-refractivity contribution is 7.20. The van der Waals surface area contributed by atoms with E-state index in [-0.39, 0.29) is 11.5 Å². The Balaban J connectivity index is 2.45. The Labute approximate surface area is 153 Å². The number of carboxylic acids is 1. The molecule has 3 aromatic heterocycles. The molecule has 0 spiro atoms. The summed E-state index contributed by atoms with van der Waals surface area (Å²) in [5.74, 6) is -0.556. The Kier molecular flexibility index (Phi) is 4.79. The fraction of sp³-hybridized carbons (Fsp3) is 0.389. The van der Waals surface area contributed by atoms with Crippen LogP contribution in [0.25, 0.3) is 20.7 Å². The van der Waals surface area contributed by atoms with Crippen LogP contribution in [0.4, 0.5) is 0 Å². The molecule has 0 saturated carbocycles. The summed E-state index contributed by atoms with van der Waals surface area (Å²) < 4.78 is 1.35. The smallest absolute Gasteiger partial charge is 0.326 e. The number of aromatic nitrogens is 2. The summed E-state index contributed by atoms with van der Waals surface area (Å²) in [7, 11) is 0. The van der Waals surface area contributed by atoms with Gasteiger partial charge < -0.3 is 5.11 Å². The maximum Gasteiger partial charge on any atom is 0.326 e. The maximum absolute atomic E-state index is 13.3. The fourth-order valence-corrected chi connectivity index (χ4v) is 4.94. The fourth-order valence-electron chi connectivity index (χ4n) is 2.95. The average molecular weight is 377 g/mol. The molecule has 0 aliphatic carbocycles. The van der Waals surface area contributed by atoms with Gasteiger partial charge in [0.05, 0.1) is 5.39 Å². The van der Waals surface area contributed by atoms with Crippen molar-refractivity contribution >= 4 is 38.9 Å². The maximum atomic E-state index is 13.3. The predicted molar refractivity (Wildman–Crippen MR) is 103 cm³/mol. The minimum Gasteiger partial charge on any atom is -0.480 e. The molecule has 0 radical (unpaired) electrons. The number of carbonyl (C=O) groups is 1. The molecule has 0 bridgehead atoms. The van der Waals surface area contributed by atoms with Crippen molar-refractivity contribution in [1.29, 1.82) is 0 Å². The molecule has 3 rings (SSSR count). The number of carboxylic acid groups (broad SMARTS) is 1. The molecule has 1 unspecified atom stereocenters. The van der Waals surface area contributed by atoms with E-state index in [1.54, 1.807) is 11.3 Å². The third kappa shape index (κ3) is 2.91. The highest BCUT2D eigenvalue weighted by atomic mass is 32.1. The number of thiophene rings is 2. The SMILES string of the molecule is CCc1sc2nc(C(C)C)n(C(C)C(=O)O)c(=O)c2c1-c1cccs1. The second-order valence-corrected chi connectivity index (χ2v) is 8.26. The van der Waals surface area contributed by atoms with Crippen molar-refractivity contribution in [3.8, 4) is 10.4 Å². The average Bonchev–Trinajstić information content (AvgIpc) is 3.20. The van der Waals surface area contributed by atoms with Crippen LogP contribution in [0.1, 0.15) is 50.4 Å². The van der Waals surface area contributed by atoms with E-state index >= 15 is 0 Å². The van der Waals surface area contributed by atoms with E-state index < -0.39 is 12.0 Å². The first-order chi connectivity index (χ1) is 11.9. The summed E-state index contributed by atoms with van der Waals surface area (Å²) in [5, 5.41) is 12.0. The first-order valence-electron chi connectivity index (χ1n) is 8.21. The number of hydrogen-bond acceptors (Lipinski definition) is 5. The quantitative estimate of drug-likeness (QED) is 0.711. The van der Waals surface area contributed by atoms with Crippen molar-refractivity contribution in [1.82, 2.24) is 9.55 Å². The number of nitrogens with zero attached hydrogens (tertiary/aromatic N) is 2. The van der Waals surface area contributed by atoms with Gasteiger partial charge in [0.15, 0.2) is 0 Å². The third-order valence-corrected chi connectivity index (χ3v) is 6.32. The minimum absolute atomic E-state index is 0.0451. The molecule has 7 heteroatoms. The molecule has 0 aliphatic heterocycles. The highest BCUT2D eigenvalue weighted by Gasteiger charge is 2.26. The number of fused-ring (bicyclic) bond motifs is 1. The molecule has 1 N–H and O–H groups in total. The van der Waals surface area contributed by atoms with Crippen LogP contribution in [-0.2, 0) is 11.2 Å². The van der Waals surface area contributed by atoms with Crippen molar-refractivity contribution < 1.29 is 9.90 Å². The molecule has 0 saturated heterocycles. The zero-order valence-corrected chi connectivity index (χ0v) is 16.2. The zero-order chi connectivity index (χ0) is 18.3. The molecule has 0 amide bonds.